The largest absolute Gasteiger partial charge is 0.384 e. The maximum absolute atomic E-state index is 12.5. The Morgan fingerprint density at radius 2 is 1.44 bits per heavy atom. The lowest BCUT2D eigenvalue weighted by molar-refractivity contribution is 0.131. The molecule has 0 aliphatic carbocycles. The van der Waals surface area contributed by atoms with E-state index in [-0.39, 0.29) is 4.90 Å². The molecule has 0 amide bonds. The zero-order valence-electron chi connectivity index (χ0n) is 19.9. The molecule has 0 atom stereocenters. The van der Waals surface area contributed by atoms with Crippen LogP contribution < -0.4 is 10.0 Å². The van der Waals surface area contributed by atoms with Gasteiger partial charge in [-0.25, -0.2) is 13.1 Å². The number of nitrogens with zero attached hydrogens (tertiary/aromatic N) is 3. The van der Waals surface area contributed by atoms with Crippen LogP contribution >= 0.6 is 34.8 Å². The summed E-state index contributed by atoms with van der Waals surface area (Å²) in [5, 5.41) is 5.89. The predicted molar refractivity (Wildman–Crippen MR) is 149 cm³/mol. The SMILES string of the molecule is O=S(=O)(NCCCN1CCN(CCCNc2ccnc3cc(Cl)ccc23)CC1)c1cc(Cl)cc(Cl)c1. The first-order valence-corrected chi connectivity index (χ1v) is 14.6. The summed E-state index contributed by atoms with van der Waals surface area (Å²) >= 11 is 17.9. The molecule has 2 aromatic carbocycles. The molecule has 36 heavy (non-hydrogen) atoms. The molecular weight excluding hydrogens is 541 g/mol. The highest BCUT2D eigenvalue weighted by molar-refractivity contribution is 7.89. The first-order chi connectivity index (χ1) is 17.3. The molecule has 0 unspecified atom stereocenters. The van der Waals surface area contributed by atoms with E-state index in [1.165, 1.54) is 18.2 Å². The van der Waals surface area contributed by atoms with Crippen molar-refractivity contribution in [1.82, 2.24) is 19.5 Å². The van der Waals surface area contributed by atoms with Crippen molar-refractivity contribution < 1.29 is 8.42 Å². The molecule has 1 saturated heterocycles. The topological polar surface area (TPSA) is 77.6 Å². The maximum atomic E-state index is 12.5. The van der Waals surface area contributed by atoms with Gasteiger partial charge in [-0.15, -0.1) is 0 Å². The Labute approximate surface area is 227 Å². The summed E-state index contributed by atoms with van der Waals surface area (Å²) in [5.41, 5.74) is 1.97. The number of anilines is 1. The van der Waals surface area contributed by atoms with Gasteiger partial charge in [-0.3, -0.25) is 4.98 Å². The van der Waals surface area contributed by atoms with Gasteiger partial charge < -0.3 is 15.1 Å². The lowest BCUT2D eigenvalue weighted by Gasteiger charge is -2.34. The van der Waals surface area contributed by atoms with Crippen LogP contribution in [0.2, 0.25) is 15.1 Å². The van der Waals surface area contributed by atoms with E-state index in [1.807, 2.05) is 24.3 Å². The lowest BCUT2D eigenvalue weighted by Crippen LogP contribution is -2.47. The average Bonchev–Trinajstić information content (AvgIpc) is 2.84. The van der Waals surface area contributed by atoms with Gasteiger partial charge in [0.15, 0.2) is 0 Å². The van der Waals surface area contributed by atoms with Gasteiger partial charge in [0.1, 0.15) is 0 Å². The smallest absolute Gasteiger partial charge is 0.240 e. The summed E-state index contributed by atoms with van der Waals surface area (Å²) in [5.74, 6) is 0. The minimum atomic E-state index is -3.63. The Hall–Kier alpha value is -1.65. The molecule has 1 aromatic heterocycles. The van der Waals surface area contributed by atoms with Crippen molar-refractivity contribution in [1.29, 1.82) is 0 Å². The highest BCUT2D eigenvalue weighted by Crippen LogP contribution is 2.24. The average molecular weight is 571 g/mol. The maximum Gasteiger partial charge on any atom is 0.240 e. The van der Waals surface area contributed by atoms with Crippen LogP contribution in [0.1, 0.15) is 12.8 Å². The fraction of sp³-hybridized carbons (Fsp3) is 0.400. The van der Waals surface area contributed by atoms with Gasteiger partial charge in [-0.1, -0.05) is 34.8 Å². The molecule has 0 saturated carbocycles. The predicted octanol–water partition coefficient (Wildman–Crippen LogP) is 4.98. The van der Waals surface area contributed by atoms with Crippen molar-refractivity contribution in [2.45, 2.75) is 17.7 Å². The molecular formula is C25H30Cl3N5O2S. The number of piperazine rings is 1. The molecule has 1 aliphatic rings. The molecule has 194 valence electrons. The molecule has 3 aromatic rings. The molecule has 0 radical (unpaired) electrons. The number of hydrogen-bond donors (Lipinski definition) is 2. The van der Waals surface area contributed by atoms with E-state index in [4.69, 9.17) is 34.8 Å². The monoisotopic (exact) mass is 569 g/mol. The third-order valence-electron chi connectivity index (χ3n) is 6.23. The molecule has 1 fully saturated rings. The normalized spacial score (nSPS) is 15.4. The van der Waals surface area contributed by atoms with Crippen molar-refractivity contribution in [3.05, 3.63) is 63.7 Å². The van der Waals surface area contributed by atoms with E-state index in [2.05, 4.69) is 24.8 Å². The Balaban J connectivity index is 1.12. The van der Waals surface area contributed by atoms with E-state index in [0.717, 1.165) is 75.2 Å². The number of nitrogens with one attached hydrogen (secondary N) is 2. The Morgan fingerprint density at radius 3 is 2.11 bits per heavy atom. The van der Waals surface area contributed by atoms with Crippen LogP contribution in [0.25, 0.3) is 10.9 Å². The van der Waals surface area contributed by atoms with Crippen LogP contribution in [0.15, 0.2) is 53.6 Å². The quantitative estimate of drug-likeness (QED) is 0.317. The summed E-state index contributed by atoms with van der Waals surface area (Å²) in [6.45, 7) is 7.16. The van der Waals surface area contributed by atoms with Crippen LogP contribution in [0.5, 0.6) is 0 Å². The van der Waals surface area contributed by atoms with Gasteiger partial charge in [0.05, 0.1) is 10.4 Å². The van der Waals surface area contributed by atoms with Gasteiger partial charge in [-0.05, 0) is 68.4 Å². The van der Waals surface area contributed by atoms with Gasteiger partial charge >= 0.3 is 0 Å². The van der Waals surface area contributed by atoms with Crippen LogP contribution in [-0.2, 0) is 10.0 Å². The molecule has 0 bridgehead atoms. The van der Waals surface area contributed by atoms with Crippen molar-refractivity contribution in [3.8, 4) is 0 Å². The summed E-state index contributed by atoms with van der Waals surface area (Å²) in [7, 11) is -3.63. The second kappa shape index (κ2) is 12.7. The number of aromatic nitrogens is 1. The number of pyridine rings is 1. The second-order valence-electron chi connectivity index (χ2n) is 8.84. The third kappa shape index (κ3) is 7.68. The molecule has 11 heteroatoms. The van der Waals surface area contributed by atoms with Crippen molar-refractivity contribution in [2.75, 3.05) is 57.7 Å². The van der Waals surface area contributed by atoms with Gasteiger partial charge in [-0.2, -0.15) is 0 Å². The first-order valence-electron chi connectivity index (χ1n) is 12.0. The van der Waals surface area contributed by atoms with E-state index in [1.54, 1.807) is 6.20 Å². The van der Waals surface area contributed by atoms with Crippen molar-refractivity contribution in [3.63, 3.8) is 0 Å². The minimum absolute atomic E-state index is 0.0876. The molecule has 7 nitrogen and oxygen atoms in total. The van der Waals surface area contributed by atoms with E-state index in [9.17, 15) is 8.42 Å². The summed E-state index contributed by atoms with van der Waals surface area (Å²) < 4.78 is 27.6. The molecule has 2 heterocycles. The first kappa shape index (κ1) is 27.4. The number of hydrogen-bond acceptors (Lipinski definition) is 6. The second-order valence-corrected chi connectivity index (χ2v) is 11.9. The molecule has 4 rings (SSSR count). The molecule has 0 spiro atoms. The Morgan fingerprint density at radius 1 is 0.806 bits per heavy atom. The van der Waals surface area contributed by atoms with Gasteiger partial charge in [0, 0.05) is 71.6 Å². The zero-order valence-corrected chi connectivity index (χ0v) is 23.0. The van der Waals surface area contributed by atoms with E-state index >= 15 is 0 Å². The van der Waals surface area contributed by atoms with E-state index < -0.39 is 10.0 Å². The third-order valence-corrected chi connectivity index (χ3v) is 8.34. The number of benzene rings is 2. The van der Waals surface area contributed by atoms with E-state index in [0.29, 0.717) is 21.6 Å². The standard InChI is InChI=1S/C25H30Cl3N5O2S/c26-19-3-4-23-24(5-8-30-25(23)18-19)29-6-1-9-32-11-13-33(14-12-32)10-2-7-31-36(34,35)22-16-20(27)15-21(28)17-22/h3-5,8,15-18,31H,1-2,6-7,9-14H2,(H,29,30). The van der Waals surface area contributed by atoms with Crippen LogP contribution in [0.3, 0.4) is 0 Å². The van der Waals surface area contributed by atoms with Crippen molar-refractivity contribution >= 4 is 61.4 Å². The summed E-state index contributed by atoms with van der Waals surface area (Å²) in [6.07, 6.45) is 3.59. The Bertz CT molecular complexity index is 1260. The summed E-state index contributed by atoms with van der Waals surface area (Å²) in [6, 6.07) is 12.1. The van der Waals surface area contributed by atoms with Crippen LogP contribution in [0.4, 0.5) is 5.69 Å². The van der Waals surface area contributed by atoms with Crippen LogP contribution in [-0.4, -0.2) is 75.6 Å². The molecule has 2 N–H and O–H groups in total. The van der Waals surface area contributed by atoms with Gasteiger partial charge in [0.2, 0.25) is 10.0 Å². The fourth-order valence-electron chi connectivity index (χ4n) is 4.31. The highest BCUT2D eigenvalue weighted by atomic mass is 35.5. The van der Waals surface area contributed by atoms with Gasteiger partial charge in [0.25, 0.3) is 0 Å². The number of halogens is 3. The summed E-state index contributed by atoms with van der Waals surface area (Å²) in [4.78, 5) is 9.34. The zero-order chi connectivity index (χ0) is 25.5. The fourth-order valence-corrected chi connectivity index (χ4v) is 6.28. The number of rotatable bonds is 11. The molecule has 1 aliphatic heterocycles. The number of sulfonamides is 1. The minimum Gasteiger partial charge on any atom is -0.384 e. The van der Waals surface area contributed by atoms with Crippen molar-refractivity contribution in [2.24, 2.45) is 0 Å². The lowest BCUT2D eigenvalue weighted by atomic mass is 10.2. The van der Waals surface area contributed by atoms with Crippen LogP contribution in [0, 0.1) is 0 Å². The Kier molecular flexibility index (Phi) is 9.69. The highest BCUT2D eigenvalue weighted by Gasteiger charge is 2.18. The number of fused-ring (bicyclic) bond motifs is 1.